The van der Waals surface area contributed by atoms with Crippen LogP contribution >= 0.6 is 0 Å². The zero-order chi connectivity index (χ0) is 28.0. The van der Waals surface area contributed by atoms with E-state index in [0.717, 1.165) is 87.0 Å². The number of nitrogens with zero attached hydrogens (tertiary/aromatic N) is 1. The molecule has 3 aliphatic rings. The molecule has 8 nitrogen and oxygen atoms in total. The number of urea groups is 1. The Kier molecular flexibility index (Phi) is 7.78. The molecule has 0 unspecified atom stereocenters. The third-order valence-electron chi connectivity index (χ3n) is 9.01. The summed E-state index contributed by atoms with van der Waals surface area (Å²) in [6.45, 7) is 14.3. The zero-order valence-corrected chi connectivity index (χ0v) is 25.9. The van der Waals surface area contributed by atoms with Crippen molar-refractivity contribution in [2.45, 2.75) is 102 Å². The van der Waals surface area contributed by atoms with Gasteiger partial charge >= 0.3 is 6.03 Å². The van der Waals surface area contributed by atoms with E-state index in [1.807, 2.05) is 0 Å². The average Bonchev–Trinajstić information content (AvgIpc) is 3.59. The summed E-state index contributed by atoms with van der Waals surface area (Å²) >= 11 is 0. The molecule has 0 saturated heterocycles. The van der Waals surface area contributed by atoms with Crippen molar-refractivity contribution in [3.05, 3.63) is 45.7 Å². The van der Waals surface area contributed by atoms with Crippen LogP contribution < -0.4 is 10.0 Å². The van der Waals surface area contributed by atoms with Gasteiger partial charge < -0.3 is 14.2 Å². The summed E-state index contributed by atoms with van der Waals surface area (Å²) in [5.41, 5.74) is 6.56. The van der Waals surface area contributed by atoms with Crippen LogP contribution in [-0.2, 0) is 53.1 Å². The second kappa shape index (κ2) is 10.7. The lowest BCUT2D eigenvalue weighted by Gasteiger charge is -2.36. The molecule has 2 heterocycles. The van der Waals surface area contributed by atoms with Gasteiger partial charge in [-0.25, -0.2) is 9.52 Å². The molecular weight excluding hydrogens is 530 g/mol. The highest BCUT2D eigenvalue weighted by molar-refractivity contribution is 7.89. The Morgan fingerprint density at radius 1 is 1.03 bits per heavy atom. The molecule has 2 aromatic rings. The van der Waals surface area contributed by atoms with Gasteiger partial charge in [-0.1, -0.05) is 26.8 Å². The van der Waals surface area contributed by atoms with Gasteiger partial charge in [-0.05, 0) is 85.3 Å². The Hall–Kier alpha value is -2.14. The molecule has 2 N–H and O–H groups in total. The summed E-state index contributed by atoms with van der Waals surface area (Å²) in [6.07, 6.45) is 7.54. The van der Waals surface area contributed by atoms with Gasteiger partial charge in [0.15, 0.2) is 8.32 Å². The van der Waals surface area contributed by atoms with Crippen LogP contribution in [0.2, 0.25) is 18.1 Å². The van der Waals surface area contributed by atoms with Gasteiger partial charge in [0.25, 0.3) is 10.0 Å². The smallest absolute Gasteiger partial charge is 0.333 e. The molecule has 1 aliphatic heterocycles. The van der Waals surface area contributed by atoms with Gasteiger partial charge in [0, 0.05) is 50.0 Å². The van der Waals surface area contributed by atoms with Crippen molar-refractivity contribution >= 4 is 30.1 Å². The van der Waals surface area contributed by atoms with E-state index in [9.17, 15) is 13.2 Å². The fraction of sp³-hybridized carbons (Fsp3) is 0.621. The lowest BCUT2D eigenvalue weighted by atomic mass is 9.99. The number of hydrogen-bond donors (Lipinski definition) is 2. The number of benzene rings is 1. The number of anilines is 1. The molecule has 39 heavy (non-hydrogen) atoms. The highest BCUT2D eigenvalue weighted by Gasteiger charge is 2.37. The number of aryl methyl sites for hydroxylation is 2. The number of fused-ring (bicyclic) bond motifs is 3. The highest BCUT2D eigenvalue weighted by atomic mass is 32.2. The maximum absolute atomic E-state index is 13.1. The zero-order valence-electron chi connectivity index (χ0n) is 24.0. The van der Waals surface area contributed by atoms with Gasteiger partial charge in [0.2, 0.25) is 5.09 Å². The van der Waals surface area contributed by atoms with Crippen LogP contribution in [0.3, 0.4) is 0 Å². The minimum Gasteiger partial charge on any atom is -0.447 e. The van der Waals surface area contributed by atoms with Gasteiger partial charge in [-0.3, -0.25) is 4.90 Å². The number of carbonyl (C=O) groups is 1. The van der Waals surface area contributed by atoms with E-state index in [2.05, 4.69) is 54.9 Å². The van der Waals surface area contributed by atoms with Crippen LogP contribution in [0.5, 0.6) is 0 Å². The second-order valence-corrected chi connectivity index (χ2v) is 19.2. The van der Waals surface area contributed by atoms with E-state index >= 15 is 0 Å². The molecule has 0 bridgehead atoms. The third-order valence-corrected chi connectivity index (χ3v) is 14.7. The number of amides is 2. The van der Waals surface area contributed by atoms with Gasteiger partial charge in [0.05, 0.1) is 0 Å². The maximum Gasteiger partial charge on any atom is 0.333 e. The highest BCUT2D eigenvalue weighted by Crippen LogP contribution is 2.39. The third kappa shape index (κ3) is 5.99. The first-order valence-electron chi connectivity index (χ1n) is 14.3. The van der Waals surface area contributed by atoms with E-state index < -0.39 is 24.4 Å². The van der Waals surface area contributed by atoms with E-state index in [0.29, 0.717) is 18.7 Å². The Balaban J connectivity index is 1.19. The van der Waals surface area contributed by atoms with Crippen molar-refractivity contribution in [1.29, 1.82) is 0 Å². The minimum absolute atomic E-state index is 0.192. The van der Waals surface area contributed by atoms with E-state index in [1.54, 1.807) is 6.07 Å². The van der Waals surface area contributed by atoms with Gasteiger partial charge in [-0.2, -0.15) is 8.42 Å². The van der Waals surface area contributed by atoms with Crippen molar-refractivity contribution in [3.63, 3.8) is 0 Å². The molecule has 214 valence electrons. The van der Waals surface area contributed by atoms with Crippen LogP contribution in [0.1, 0.15) is 73.6 Å². The number of hydrogen-bond acceptors (Lipinski definition) is 6. The van der Waals surface area contributed by atoms with Crippen molar-refractivity contribution in [2.24, 2.45) is 0 Å². The van der Waals surface area contributed by atoms with Crippen molar-refractivity contribution in [2.75, 3.05) is 25.0 Å². The first kappa shape index (κ1) is 28.4. The molecule has 0 atom stereocenters. The monoisotopic (exact) mass is 573 g/mol. The standard InChI is InChI=1S/C29H43N3O5SSi/c1-29(2,3)39(4,5)36-16-8-14-32-15-13-25-22(19-32)18-26(37-25)38(34,35)31-28(33)30-27-23-11-6-9-20(23)17-21-10-7-12-24(21)27/h17-18H,6-16,19H2,1-5H3,(H2,30,31,33). The number of nitrogens with one attached hydrogen (secondary N) is 2. The predicted molar refractivity (Wildman–Crippen MR) is 155 cm³/mol. The lowest BCUT2D eigenvalue weighted by Crippen LogP contribution is -2.41. The molecule has 0 radical (unpaired) electrons. The van der Waals surface area contributed by atoms with Crippen LogP contribution in [0, 0.1) is 0 Å². The second-order valence-electron chi connectivity index (χ2n) is 12.8. The summed E-state index contributed by atoms with van der Waals surface area (Å²) in [5, 5.41) is 2.89. The number of carbonyl (C=O) groups excluding carboxylic acids is 1. The number of rotatable bonds is 8. The van der Waals surface area contributed by atoms with Crippen LogP contribution in [0.25, 0.3) is 0 Å². The van der Waals surface area contributed by atoms with Crippen LogP contribution in [0.15, 0.2) is 21.6 Å². The van der Waals surface area contributed by atoms with E-state index in [-0.39, 0.29) is 10.1 Å². The van der Waals surface area contributed by atoms with E-state index in [1.165, 1.54) is 11.1 Å². The lowest BCUT2D eigenvalue weighted by molar-refractivity contribution is 0.206. The largest absolute Gasteiger partial charge is 0.447 e. The molecule has 5 rings (SSSR count). The van der Waals surface area contributed by atoms with Crippen molar-refractivity contribution in [3.8, 4) is 0 Å². The summed E-state index contributed by atoms with van der Waals surface area (Å²) in [7, 11) is -5.89. The summed E-state index contributed by atoms with van der Waals surface area (Å²) in [6, 6.07) is 3.12. The SMILES string of the molecule is CC(C)(C)[Si](C)(C)OCCCN1CCc2oc(S(=O)(=O)NC(=O)Nc3c4c(cc5c3CCC5)CCC4)cc2C1. The van der Waals surface area contributed by atoms with Crippen LogP contribution in [-0.4, -0.2) is 47.4 Å². The van der Waals surface area contributed by atoms with Gasteiger partial charge in [0.1, 0.15) is 5.76 Å². The first-order valence-corrected chi connectivity index (χ1v) is 18.7. The first-order chi connectivity index (χ1) is 18.3. The Morgan fingerprint density at radius 3 is 2.33 bits per heavy atom. The Labute approximate surface area is 234 Å². The summed E-state index contributed by atoms with van der Waals surface area (Å²) < 4.78 is 40.4. The number of furan rings is 1. The van der Waals surface area contributed by atoms with Crippen LogP contribution in [0.4, 0.5) is 10.5 Å². The fourth-order valence-electron chi connectivity index (χ4n) is 5.80. The normalized spacial score (nSPS) is 17.6. The minimum atomic E-state index is -4.13. The fourth-order valence-corrected chi connectivity index (χ4v) is 7.79. The Bertz CT molecular complexity index is 1330. The van der Waals surface area contributed by atoms with Crippen molar-refractivity contribution in [1.82, 2.24) is 9.62 Å². The Morgan fingerprint density at radius 2 is 1.69 bits per heavy atom. The topological polar surface area (TPSA) is 101 Å². The maximum atomic E-state index is 13.1. The molecule has 2 aliphatic carbocycles. The molecule has 0 fully saturated rings. The van der Waals surface area contributed by atoms with E-state index in [4.69, 9.17) is 8.84 Å². The van der Waals surface area contributed by atoms with Crippen molar-refractivity contribution < 1.29 is 22.1 Å². The predicted octanol–water partition coefficient (Wildman–Crippen LogP) is 5.54. The molecule has 1 aromatic carbocycles. The summed E-state index contributed by atoms with van der Waals surface area (Å²) in [4.78, 5) is 15.2. The molecular formula is C29H43N3O5SSi. The quantitative estimate of drug-likeness (QED) is 0.318. The summed E-state index contributed by atoms with van der Waals surface area (Å²) in [5.74, 6) is 0.684. The average molecular weight is 574 g/mol. The molecule has 10 heteroatoms. The molecule has 0 spiro atoms. The number of sulfonamides is 1. The van der Waals surface area contributed by atoms with Gasteiger partial charge in [-0.15, -0.1) is 0 Å². The molecule has 0 saturated carbocycles. The molecule has 2 amide bonds. The molecule has 1 aromatic heterocycles.